The van der Waals surface area contributed by atoms with Gasteiger partial charge < -0.3 is 10.6 Å². The maximum atomic E-state index is 11.9. The molecule has 0 unspecified atom stereocenters. The molecule has 128 valence electrons. The molecule has 3 aromatic heterocycles. The van der Waals surface area contributed by atoms with Crippen molar-refractivity contribution in [2.45, 2.75) is 13.8 Å². The summed E-state index contributed by atoms with van der Waals surface area (Å²) in [5.41, 5.74) is 2.53. The van der Waals surface area contributed by atoms with Crippen LogP contribution in [-0.2, 0) is 0 Å². The first-order chi connectivity index (χ1) is 12.1. The Labute approximate surface area is 145 Å². The molecule has 8 nitrogen and oxygen atoms in total. The molecule has 1 amide bonds. The van der Waals surface area contributed by atoms with Crippen LogP contribution in [0.3, 0.4) is 0 Å². The highest BCUT2D eigenvalue weighted by Gasteiger charge is 2.06. The average molecular weight is 337 g/mol. The highest BCUT2D eigenvalue weighted by molar-refractivity contribution is 5.93. The second kappa shape index (κ2) is 7.52. The Morgan fingerprint density at radius 1 is 1.08 bits per heavy atom. The highest BCUT2D eigenvalue weighted by Crippen LogP contribution is 2.10. The zero-order chi connectivity index (χ0) is 17.6. The summed E-state index contributed by atoms with van der Waals surface area (Å²) in [4.78, 5) is 15.8. The molecular weight excluding hydrogens is 318 g/mol. The van der Waals surface area contributed by atoms with Gasteiger partial charge in [-0.05, 0) is 44.2 Å². The molecule has 2 N–H and O–H groups in total. The van der Waals surface area contributed by atoms with Crippen molar-refractivity contribution in [1.29, 1.82) is 0 Å². The monoisotopic (exact) mass is 337 g/mol. The van der Waals surface area contributed by atoms with Gasteiger partial charge in [0.1, 0.15) is 5.82 Å². The lowest BCUT2D eigenvalue weighted by atomic mass is 10.2. The van der Waals surface area contributed by atoms with Crippen LogP contribution >= 0.6 is 0 Å². The topological polar surface area (TPSA) is 97.6 Å². The summed E-state index contributed by atoms with van der Waals surface area (Å²) in [7, 11) is 0. The van der Waals surface area contributed by atoms with Gasteiger partial charge in [0.15, 0.2) is 5.82 Å². The number of nitrogens with zero attached hydrogens (tertiary/aromatic N) is 5. The third kappa shape index (κ3) is 4.17. The first-order valence-corrected chi connectivity index (χ1v) is 7.93. The van der Waals surface area contributed by atoms with E-state index in [1.165, 1.54) is 0 Å². The summed E-state index contributed by atoms with van der Waals surface area (Å²) < 4.78 is 1.75. The number of aromatic nitrogens is 5. The van der Waals surface area contributed by atoms with Gasteiger partial charge in [0.25, 0.3) is 5.91 Å². The van der Waals surface area contributed by atoms with Gasteiger partial charge in [-0.2, -0.15) is 5.10 Å². The van der Waals surface area contributed by atoms with Crippen molar-refractivity contribution in [1.82, 2.24) is 30.3 Å². The van der Waals surface area contributed by atoms with Crippen molar-refractivity contribution in [2.24, 2.45) is 0 Å². The third-order valence-corrected chi connectivity index (χ3v) is 3.54. The molecule has 0 saturated carbocycles. The van der Waals surface area contributed by atoms with Crippen LogP contribution in [0.25, 0.3) is 5.82 Å². The van der Waals surface area contributed by atoms with Crippen LogP contribution in [0.15, 0.2) is 42.7 Å². The molecule has 3 rings (SSSR count). The summed E-state index contributed by atoms with van der Waals surface area (Å²) in [6.45, 7) is 4.93. The minimum Gasteiger partial charge on any atom is -0.367 e. The Morgan fingerprint density at radius 2 is 1.88 bits per heavy atom. The van der Waals surface area contributed by atoms with Gasteiger partial charge in [-0.15, -0.1) is 10.2 Å². The van der Waals surface area contributed by atoms with Crippen molar-refractivity contribution in [2.75, 3.05) is 18.4 Å². The molecule has 25 heavy (non-hydrogen) atoms. The minimum absolute atomic E-state index is 0.129. The SMILES string of the molecule is Cc1cc(C)n(-c2ccc(NCCNC(=O)c3ccncc3)nn2)n1. The zero-order valence-electron chi connectivity index (χ0n) is 14.1. The number of nitrogens with one attached hydrogen (secondary N) is 2. The second-order valence-electron chi connectivity index (χ2n) is 5.53. The van der Waals surface area contributed by atoms with E-state index in [0.717, 1.165) is 11.4 Å². The number of amides is 1. The maximum absolute atomic E-state index is 11.9. The average Bonchev–Trinajstić information content (AvgIpc) is 2.98. The third-order valence-electron chi connectivity index (χ3n) is 3.54. The van der Waals surface area contributed by atoms with E-state index in [9.17, 15) is 4.79 Å². The highest BCUT2D eigenvalue weighted by atomic mass is 16.1. The number of hydrogen-bond acceptors (Lipinski definition) is 6. The van der Waals surface area contributed by atoms with E-state index in [1.807, 2.05) is 32.0 Å². The molecule has 0 bridgehead atoms. The summed E-state index contributed by atoms with van der Waals surface area (Å²) in [5, 5.41) is 18.6. The Hall–Kier alpha value is -3.29. The molecule has 3 aromatic rings. The number of carbonyl (C=O) groups is 1. The van der Waals surface area contributed by atoms with E-state index in [0.29, 0.717) is 30.3 Å². The van der Waals surface area contributed by atoms with Crippen molar-refractivity contribution in [3.05, 3.63) is 59.7 Å². The van der Waals surface area contributed by atoms with Crippen LogP contribution in [0.1, 0.15) is 21.7 Å². The predicted octanol–water partition coefficient (Wildman–Crippen LogP) is 1.52. The number of aryl methyl sites for hydroxylation is 2. The summed E-state index contributed by atoms with van der Waals surface area (Å²) >= 11 is 0. The standard InChI is InChI=1S/C17H19N7O/c1-12-11-13(2)24(23-12)16-4-3-15(21-22-16)19-9-10-20-17(25)14-5-7-18-8-6-14/h3-8,11H,9-10H2,1-2H3,(H,19,21)(H,20,25). The minimum atomic E-state index is -0.129. The molecule has 3 heterocycles. The van der Waals surface area contributed by atoms with Crippen LogP contribution in [-0.4, -0.2) is 44.0 Å². The van der Waals surface area contributed by atoms with Gasteiger partial charge in [0, 0.05) is 36.7 Å². The fourth-order valence-electron chi connectivity index (χ4n) is 2.37. The zero-order valence-corrected chi connectivity index (χ0v) is 14.1. The first kappa shape index (κ1) is 16.6. The van der Waals surface area contributed by atoms with Crippen molar-refractivity contribution in [3.63, 3.8) is 0 Å². The Kier molecular flexibility index (Phi) is 4.98. The smallest absolute Gasteiger partial charge is 0.251 e. The van der Waals surface area contributed by atoms with Crippen molar-refractivity contribution >= 4 is 11.7 Å². The van der Waals surface area contributed by atoms with E-state index >= 15 is 0 Å². The molecule has 0 spiro atoms. The second-order valence-corrected chi connectivity index (χ2v) is 5.53. The van der Waals surface area contributed by atoms with Crippen molar-refractivity contribution in [3.8, 4) is 5.82 Å². The number of hydrogen-bond donors (Lipinski definition) is 2. The van der Waals surface area contributed by atoms with Crippen LogP contribution < -0.4 is 10.6 Å². The fraction of sp³-hybridized carbons (Fsp3) is 0.235. The molecule has 0 aliphatic carbocycles. The van der Waals surface area contributed by atoms with E-state index in [4.69, 9.17) is 0 Å². The Bertz CT molecular complexity index is 843. The molecule has 0 fully saturated rings. The first-order valence-electron chi connectivity index (χ1n) is 7.93. The number of anilines is 1. The lowest BCUT2D eigenvalue weighted by Gasteiger charge is -2.08. The van der Waals surface area contributed by atoms with E-state index < -0.39 is 0 Å². The van der Waals surface area contributed by atoms with Crippen LogP contribution in [0.4, 0.5) is 5.82 Å². The van der Waals surface area contributed by atoms with Gasteiger partial charge in [-0.25, -0.2) is 4.68 Å². The van der Waals surface area contributed by atoms with Gasteiger partial charge in [0.05, 0.1) is 5.69 Å². The predicted molar refractivity (Wildman–Crippen MR) is 93.7 cm³/mol. The van der Waals surface area contributed by atoms with E-state index in [-0.39, 0.29) is 5.91 Å². The molecular formula is C17H19N7O. The maximum Gasteiger partial charge on any atom is 0.251 e. The van der Waals surface area contributed by atoms with Gasteiger partial charge in [0.2, 0.25) is 0 Å². The molecule has 0 aliphatic rings. The molecule has 0 saturated heterocycles. The quantitative estimate of drug-likeness (QED) is 0.662. The Morgan fingerprint density at radius 3 is 2.52 bits per heavy atom. The molecule has 8 heteroatoms. The van der Waals surface area contributed by atoms with Gasteiger partial charge >= 0.3 is 0 Å². The fourth-order valence-corrected chi connectivity index (χ4v) is 2.37. The lowest BCUT2D eigenvalue weighted by Crippen LogP contribution is -2.28. The van der Waals surface area contributed by atoms with Crippen LogP contribution in [0.5, 0.6) is 0 Å². The van der Waals surface area contributed by atoms with E-state index in [2.05, 4.69) is 30.9 Å². The lowest BCUT2D eigenvalue weighted by molar-refractivity contribution is 0.0955. The van der Waals surface area contributed by atoms with Crippen LogP contribution in [0, 0.1) is 13.8 Å². The Balaban J connectivity index is 1.49. The summed E-state index contributed by atoms with van der Waals surface area (Å²) in [6, 6.07) is 9.02. The number of carbonyl (C=O) groups excluding carboxylic acids is 1. The summed E-state index contributed by atoms with van der Waals surface area (Å²) in [6.07, 6.45) is 3.18. The largest absolute Gasteiger partial charge is 0.367 e. The molecule has 0 radical (unpaired) electrons. The van der Waals surface area contributed by atoms with E-state index in [1.54, 1.807) is 29.2 Å². The molecule has 0 atom stereocenters. The van der Waals surface area contributed by atoms with Gasteiger partial charge in [-0.1, -0.05) is 0 Å². The number of pyridine rings is 1. The number of rotatable bonds is 6. The van der Waals surface area contributed by atoms with Crippen molar-refractivity contribution < 1.29 is 4.79 Å². The molecule has 0 aromatic carbocycles. The molecule has 0 aliphatic heterocycles. The summed E-state index contributed by atoms with van der Waals surface area (Å²) in [5.74, 6) is 1.18. The van der Waals surface area contributed by atoms with Crippen LogP contribution in [0.2, 0.25) is 0 Å². The normalized spacial score (nSPS) is 10.5. The van der Waals surface area contributed by atoms with Gasteiger partial charge in [-0.3, -0.25) is 9.78 Å².